The highest BCUT2D eigenvalue weighted by atomic mass is 35.5. The molecule has 2 aliphatic heterocycles. The van der Waals surface area contributed by atoms with E-state index in [0.717, 1.165) is 0 Å². The third-order valence-corrected chi connectivity index (χ3v) is 7.75. The van der Waals surface area contributed by atoms with Gasteiger partial charge in [0.25, 0.3) is 0 Å². The highest BCUT2D eigenvalue weighted by Gasteiger charge is 2.71. The number of Topliss-reactive ketones (excluding diaryl/α,β-unsaturated/α-hetero) is 2. The van der Waals surface area contributed by atoms with Crippen molar-refractivity contribution in [2.75, 3.05) is 12.1 Å². The van der Waals surface area contributed by atoms with Gasteiger partial charge in [-0.25, -0.2) is 0 Å². The van der Waals surface area contributed by atoms with Crippen molar-refractivity contribution in [1.29, 1.82) is 0 Å². The van der Waals surface area contributed by atoms with Crippen molar-refractivity contribution in [2.24, 2.45) is 11.8 Å². The molecule has 0 aromatic heterocycles. The first-order chi connectivity index (χ1) is 18.2. The molecule has 1 aliphatic carbocycles. The van der Waals surface area contributed by atoms with E-state index in [1.807, 2.05) is 0 Å². The SMILES string of the molecule is O=C(Nc1ccc2c(c1)OCO2)[C@H]1[C@@H](c2ccc(Cl)c(Cl)c2)OC2(C(=O)c3ccccc3C2=O)[C@H]1C(=O)O. The van der Waals surface area contributed by atoms with Crippen LogP contribution in [0, 0.1) is 11.8 Å². The van der Waals surface area contributed by atoms with Gasteiger partial charge >= 0.3 is 5.97 Å². The number of amides is 1. The molecule has 3 aromatic carbocycles. The Balaban J connectivity index is 1.47. The van der Waals surface area contributed by atoms with E-state index in [-0.39, 0.29) is 33.5 Å². The molecule has 3 atom stereocenters. The lowest BCUT2D eigenvalue weighted by Crippen LogP contribution is -2.52. The van der Waals surface area contributed by atoms with Gasteiger partial charge < -0.3 is 24.6 Å². The second kappa shape index (κ2) is 8.83. The summed E-state index contributed by atoms with van der Waals surface area (Å²) in [5.41, 5.74) is -1.79. The van der Waals surface area contributed by atoms with Gasteiger partial charge in [-0.1, -0.05) is 53.5 Å². The lowest BCUT2D eigenvalue weighted by molar-refractivity contribution is -0.147. The van der Waals surface area contributed by atoms with Crippen molar-refractivity contribution in [2.45, 2.75) is 11.7 Å². The van der Waals surface area contributed by atoms with E-state index in [4.69, 9.17) is 37.4 Å². The Bertz CT molecular complexity index is 1520. The van der Waals surface area contributed by atoms with Crippen molar-refractivity contribution in [3.05, 3.63) is 87.4 Å². The standard InChI is InChI=1S/C27H17Cl2NO8/c28-16-7-5-12(9-17(16)29)22-20(25(33)30-13-6-8-18-19(10-13)37-11-36-18)21(26(34)35)27(38-22)23(31)14-3-1-2-4-15(14)24(27)32/h1-10,20-22H,11H2,(H,30,33)(H,34,35)/t20-,21-,22-/m1/s1. The molecule has 1 fully saturated rings. The number of rotatable bonds is 4. The van der Waals surface area contributed by atoms with E-state index in [1.54, 1.807) is 24.3 Å². The zero-order valence-electron chi connectivity index (χ0n) is 19.3. The van der Waals surface area contributed by atoms with E-state index < -0.39 is 47.0 Å². The van der Waals surface area contributed by atoms with E-state index in [2.05, 4.69) is 5.32 Å². The van der Waals surface area contributed by atoms with E-state index >= 15 is 0 Å². The van der Waals surface area contributed by atoms with Crippen molar-refractivity contribution in [3.63, 3.8) is 0 Å². The molecule has 1 amide bonds. The summed E-state index contributed by atoms with van der Waals surface area (Å²) in [6.07, 6.45) is -1.32. The van der Waals surface area contributed by atoms with Crippen LogP contribution in [0.1, 0.15) is 32.4 Å². The van der Waals surface area contributed by atoms with Crippen LogP contribution in [0.2, 0.25) is 10.0 Å². The molecule has 192 valence electrons. The maximum Gasteiger partial charge on any atom is 0.311 e. The van der Waals surface area contributed by atoms with Crippen LogP contribution in [0.5, 0.6) is 11.5 Å². The molecule has 2 heterocycles. The van der Waals surface area contributed by atoms with Gasteiger partial charge in [-0.2, -0.15) is 0 Å². The third-order valence-electron chi connectivity index (χ3n) is 7.01. The molecule has 1 spiro atoms. The number of ether oxygens (including phenoxy) is 3. The zero-order chi connectivity index (χ0) is 26.8. The van der Waals surface area contributed by atoms with Crippen LogP contribution in [-0.2, 0) is 14.3 Å². The summed E-state index contributed by atoms with van der Waals surface area (Å²) in [7, 11) is 0. The first-order valence-electron chi connectivity index (χ1n) is 11.5. The minimum absolute atomic E-state index is 0.0248. The van der Waals surface area contributed by atoms with Gasteiger partial charge in [-0.05, 0) is 29.8 Å². The highest BCUT2D eigenvalue weighted by Crippen LogP contribution is 2.54. The Hall–Kier alpha value is -3.92. The number of carboxylic acids is 1. The van der Waals surface area contributed by atoms with Crippen LogP contribution < -0.4 is 14.8 Å². The minimum atomic E-state index is -2.44. The monoisotopic (exact) mass is 553 g/mol. The summed E-state index contributed by atoms with van der Waals surface area (Å²) in [4.78, 5) is 53.9. The molecular weight excluding hydrogens is 537 g/mol. The molecule has 0 radical (unpaired) electrons. The summed E-state index contributed by atoms with van der Waals surface area (Å²) in [5, 5.41) is 13.4. The van der Waals surface area contributed by atoms with Gasteiger partial charge in [-0.3, -0.25) is 19.2 Å². The van der Waals surface area contributed by atoms with Gasteiger partial charge in [0.2, 0.25) is 29.9 Å². The number of carboxylic acid groups (broad SMARTS) is 1. The average molecular weight is 554 g/mol. The number of anilines is 1. The normalized spacial score (nSPS) is 22.5. The van der Waals surface area contributed by atoms with Gasteiger partial charge in [0, 0.05) is 22.9 Å². The summed E-state index contributed by atoms with van der Waals surface area (Å²) < 4.78 is 16.8. The molecular formula is C27H17Cl2NO8. The third kappa shape index (κ3) is 3.50. The molecule has 3 aliphatic rings. The molecule has 0 unspecified atom stereocenters. The fourth-order valence-electron chi connectivity index (χ4n) is 5.33. The molecule has 11 heteroatoms. The molecule has 6 rings (SSSR count). The van der Waals surface area contributed by atoms with Crippen molar-refractivity contribution in [1.82, 2.24) is 0 Å². The van der Waals surface area contributed by atoms with Crippen LogP contribution in [0.25, 0.3) is 0 Å². The van der Waals surface area contributed by atoms with E-state index in [1.165, 1.54) is 36.4 Å². The number of aliphatic carboxylic acids is 1. The Morgan fingerprint density at radius 2 is 1.58 bits per heavy atom. The smallest absolute Gasteiger partial charge is 0.311 e. The predicted octanol–water partition coefficient (Wildman–Crippen LogP) is 4.57. The lowest BCUT2D eigenvalue weighted by Gasteiger charge is -2.25. The van der Waals surface area contributed by atoms with Crippen molar-refractivity contribution < 1.29 is 38.5 Å². The minimum Gasteiger partial charge on any atom is -0.481 e. The van der Waals surface area contributed by atoms with Gasteiger partial charge in [-0.15, -0.1) is 0 Å². The van der Waals surface area contributed by atoms with E-state index in [9.17, 15) is 24.3 Å². The van der Waals surface area contributed by atoms with Crippen molar-refractivity contribution in [3.8, 4) is 11.5 Å². The number of nitrogens with one attached hydrogen (secondary N) is 1. The maximum atomic E-state index is 13.8. The first kappa shape index (κ1) is 24.4. The number of benzene rings is 3. The Kier molecular flexibility index (Phi) is 5.68. The average Bonchev–Trinajstić information content (AvgIpc) is 3.57. The molecule has 3 aromatic rings. The number of hydrogen-bond acceptors (Lipinski definition) is 7. The van der Waals surface area contributed by atoms with Crippen LogP contribution in [0.3, 0.4) is 0 Å². The Labute approximate surface area is 225 Å². The number of carbonyl (C=O) groups excluding carboxylic acids is 3. The maximum absolute atomic E-state index is 13.8. The predicted molar refractivity (Wildman–Crippen MR) is 134 cm³/mol. The number of hydrogen-bond donors (Lipinski definition) is 2. The number of halogens is 2. The Morgan fingerprint density at radius 1 is 0.895 bits per heavy atom. The fourth-order valence-corrected chi connectivity index (χ4v) is 5.63. The summed E-state index contributed by atoms with van der Waals surface area (Å²) >= 11 is 12.3. The van der Waals surface area contributed by atoms with Gasteiger partial charge in [0.15, 0.2) is 11.5 Å². The van der Waals surface area contributed by atoms with Gasteiger partial charge in [0.05, 0.1) is 22.1 Å². The van der Waals surface area contributed by atoms with Crippen LogP contribution in [0.4, 0.5) is 5.69 Å². The first-order valence-corrected chi connectivity index (χ1v) is 12.2. The molecule has 2 N–H and O–H groups in total. The second-order valence-electron chi connectivity index (χ2n) is 9.05. The van der Waals surface area contributed by atoms with E-state index in [0.29, 0.717) is 17.2 Å². The van der Waals surface area contributed by atoms with Crippen LogP contribution >= 0.6 is 23.2 Å². The molecule has 0 saturated carbocycles. The summed E-state index contributed by atoms with van der Waals surface area (Å²) in [6.45, 7) is 0.0248. The van der Waals surface area contributed by atoms with Crippen molar-refractivity contribution >= 4 is 52.3 Å². The fraction of sp³-hybridized carbons (Fsp3) is 0.185. The summed E-state index contributed by atoms with van der Waals surface area (Å²) in [5.74, 6) is -6.39. The van der Waals surface area contributed by atoms with Gasteiger partial charge in [0.1, 0.15) is 5.92 Å². The second-order valence-corrected chi connectivity index (χ2v) is 9.86. The summed E-state index contributed by atoms with van der Waals surface area (Å²) in [6, 6.07) is 15.1. The van der Waals surface area contributed by atoms with Crippen LogP contribution in [0.15, 0.2) is 60.7 Å². The number of fused-ring (bicyclic) bond motifs is 2. The topological polar surface area (TPSA) is 128 Å². The quantitative estimate of drug-likeness (QED) is 0.449. The molecule has 38 heavy (non-hydrogen) atoms. The number of carbonyl (C=O) groups is 4. The number of ketones is 2. The molecule has 0 bridgehead atoms. The largest absolute Gasteiger partial charge is 0.481 e. The lowest BCUT2D eigenvalue weighted by atomic mass is 9.75. The molecule has 1 saturated heterocycles. The molecule has 9 nitrogen and oxygen atoms in total. The zero-order valence-corrected chi connectivity index (χ0v) is 20.8. The highest BCUT2D eigenvalue weighted by molar-refractivity contribution is 6.42. The Morgan fingerprint density at radius 3 is 2.24 bits per heavy atom. The van der Waals surface area contributed by atoms with Crippen LogP contribution in [-0.4, -0.2) is 40.9 Å².